The molecule has 11 atom stereocenters. The molecule has 0 bridgehead atoms. The lowest BCUT2D eigenvalue weighted by Gasteiger charge is -2.43. The first kappa shape index (κ1) is 35.6. The first-order valence-electron chi connectivity index (χ1n) is 12.5. The number of aromatic amines is 1. The van der Waals surface area contributed by atoms with Crippen molar-refractivity contribution in [2.24, 2.45) is 0 Å². The minimum atomic E-state index is -5.55. The van der Waals surface area contributed by atoms with Crippen molar-refractivity contribution in [1.82, 2.24) is 14.9 Å². The van der Waals surface area contributed by atoms with Gasteiger partial charge < -0.3 is 59.4 Å². The van der Waals surface area contributed by atoms with Gasteiger partial charge in [0.1, 0.15) is 42.7 Å². The predicted molar refractivity (Wildman–Crippen MR) is 136 cm³/mol. The molecule has 0 radical (unpaired) electrons. The van der Waals surface area contributed by atoms with Crippen LogP contribution in [0.25, 0.3) is 0 Å². The van der Waals surface area contributed by atoms with Crippen LogP contribution in [0.4, 0.5) is 0 Å². The van der Waals surface area contributed by atoms with Crippen LogP contribution in [0.1, 0.15) is 20.1 Å². The third kappa shape index (κ3) is 9.54. The van der Waals surface area contributed by atoms with Crippen LogP contribution >= 0.6 is 15.6 Å². The van der Waals surface area contributed by atoms with Crippen LogP contribution in [0.2, 0.25) is 0 Å². The highest BCUT2D eigenvalue weighted by molar-refractivity contribution is 7.60. The average Bonchev–Trinajstić information content (AvgIpc) is 3.15. The summed E-state index contributed by atoms with van der Waals surface area (Å²) in [5.74, 6) is -0.581. The van der Waals surface area contributed by atoms with Crippen LogP contribution in [0.5, 0.6) is 0 Å². The van der Waals surface area contributed by atoms with Crippen molar-refractivity contribution >= 4 is 21.6 Å². The van der Waals surface area contributed by atoms with Crippen molar-refractivity contribution in [2.45, 2.75) is 75.1 Å². The Morgan fingerprint density at radius 2 is 1.79 bits per heavy atom. The molecule has 2 aliphatic rings. The van der Waals surface area contributed by atoms with E-state index in [-0.39, 0.29) is 6.61 Å². The van der Waals surface area contributed by atoms with Gasteiger partial charge in [-0.05, 0) is 6.92 Å². The monoisotopic (exact) mass is 665 g/mol. The topological polar surface area (TPSA) is 315 Å². The highest BCUT2D eigenvalue weighted by Gasteiger charge is 2.51. The van der Waals surface area contributed by atoms with E-state index in [4.69, 9.17) is 33.3 Å². The maximum absolute atomic E-state index is 12.2. The van der Waals surface area contributed by atoms with Gasteiger partial charge in [0, 0.05) is 19.2 Å². The van der Waals surface area contributed by atoms with Gasteiger partial charge in [-0.25, -0.2) is 13.9 Å². The van der Waals surface area contributed by atoms with E-state index in [1.54, 1.807) is 0 Å². The van der Waals surface area contributed by atoms with E-state index < -0.39 is 107 Å². The molecule has 3 rings (SSSR count). The fraction of sp³-hybridized carbons (Fsp3) is 0.750. The normalized spacial score (nSPS) is 33.6. The fourth-order valence-corrected chi connectivity index (χ4v) is 6.24. The second-order valence-corrected chi connectivity index (χ2v) is 12.4. The highest BCUT2D eigenvalue weighted by atomic mass is 31.3. The summed E-state index contributed by atoms with van der Waals surface area (Å²) in [5, 5.41) is 43.4. The number of amides is 1. The maximum Gasteiger partial charge on any atom is 0.481 e. The third-order valence-electron chi connectivity index (χ3n) is 6.17. The van der Waals surface area contributed by atoms with E-state index in [0.29, 0.717) is 0 Å². The summed E-state index contributed by atoms with van der Waals surface area (Å²) in [5.41, 5.74) is -1.82. The quantitative estimate of drug-likeness (QED) is 0.0901. The van der Waals surface area contributed by atoms with Crippen molar-refractivity contribution in [1.29, 1.82) is 0 Å². The number of aliphatic hydroxyl groups excluding tert-OH is 4. The van der Waals surface area contributed by atoms with Gasteiger partial charge in [0.05, 0.1) is 25.9 Å². The second kappa shape index (κ2) is 14.5. The van der Waals surface area contributed by atoms with Crippen molar-refractivity contribution in [2.75, 3.05) is 19.8 Å². The molecule has 1 aromatic heterocycles. The largest absolute Gasteiger partial charge is 0.481 e. The summed E-state index contributed by atoms with van der Waals surface area (Å²) >= 11 is 0. The van der Waals surface area contributed by atoms with E-state index in [9.17, 15) is 48.8 Å². The van der Waals surface area contributed by atoms with Gasteiger partial charge in [-0.2, -0.15) is 4.31 Å². The molecule has 9 N–H and O–H groups in total. The van der Waals surface area contributed by atoms with Gasteiger partial charge in [0.25, 0.3) is 5.56 Å². The molecule has 1 aromatic rings. The Bertz CT molecular complexity index is 1320. The van der Waals surface area contributed by atoms with Gasteiger partial charge >= 0.3 is 21.3 Å². The molecule has 23 heteroatoms. The number of carbonyl (C=O) groups is 1. The van der Waals surface area contributed by atoms with Crippen molar-refractivity contribution in [3.63, 3.8) is 0 Å². The Morgan fingerprint density at radius 3 is 2.37 bits per heavy atom. The smallest absolute Gasteiger partial charge is 0.394 e. The number of aliphatic hydroxyl groups is 4. The Morgan fingerprint density at radius 1 is 1.12 bits per heavy atom. The summed E-state index contributed by atoms with van der Waals surface area (Å²) in [7, 11) is -11.1. The molecule has 1 amide bonds. The first-order valence-corrected chi connectivity index (χ1v) is 15.5. The lowest BCUT2D eigenvalue weighted by Crippen LogP contribution is -2.65. The number of phosphoric acid groups is 2. The Hall–Kier alpha value is -1.91. The van der Waals surface area contributed by atoms with Gasteiger partial charge in [0.15, 0.2) is 12.5 Å². The summed E-state index contributed by atoms with van der Waals surface area (Å²) in [6.45, 7) is 1.05. The van der Waals surface area contributed by atoms with Crippen LogP contribution < -0.4 is 16.6 Å². The molecule has 0 aromatic carbocycles. The van der Waals surface area contributed by atoms with Gasteiger partial charge in [-0.15, -0.1) is 0 Å². The molecule has 21 nitrogen and oxygen atoms in total. The van der Waals surface area contributed by atoms with E-state index in [1.807, 2.05) is 4.98 Å². The average molecular weight is 665 g/mol. The maximum atomic E-state index is 12.2. The lowest BCUT2D eigenvalue weighted by molar-refractivity contribution is -0.269. The first-order chi connectivity index (χ1) is 19.9. The fourth-order valence-electron chi connectivity index (χ4n) is 4.44. The number of phosphoric ester groups is 1. The Balaban J connectivity index is 1.73. The predicted octanol–water partition coefficient (Wildman–Crippen LogP) is -4.24. The number of aromatic nitrogens is 2. The summed E-state index contributed by atoms with van der Waals surface area (Å²) in [6, 6.07) is -0.325. The number of nitrogens with one attached hydrogen (secondary N) is 2. The summed E-state index contributed by atoms with van der Waals surface area (Å²) in [6.07, 6.45) is -12.6. The molecule has 0 saturated carbocycles. The molecular weight excluding hydrogens is 632 g/mol. The SMILES string of the molecule is CC(=O)N[C@@H]1[C@@H](OC(C)COC[C@H]2O[C@@H](n3ccc(=O)[nH]c3=O)[C@H](O)[C@@H]2OP(=O)(O)OP(=O)(O)O)[C@H](O)[C@@H](CO)O[C@@H]1O. The zero-order valence-electron chi connectivity index (χ0n) is 22.5. The minimum Gasteiger partial charge on any atom is -0.394 e. The van der Waals surface area contributed by atoms with Crippen molar-refractivity contribution < 1.29 is 76.8 Å². The Labute approximate surface area is 241 Å². The van der Waals surface area contributed by atoms with E-state index in [0.717, 1.165) is 23.8 Å². The van der Waals surface area contributed by atoms with E-state index >= 15 is 0 Å². The molecule has 43 heavy (non-hydrogen) atoms. The molecule has 0 aliphatic carbocycles. The molecule has 2 fully saturated rings. The molecule has 2 aliphatic heterocycles. The standard InChI is InChI=1S/C20H33N3O18P2/c1-8(37-17-13(21-9(2)25)19(29)39-10(5-24)14(17)27)6-36-7-11-16(40-43(34,35)41-42(31,32)33)15(28)18(38-11)23-4-3-12(26)22-20(23)30/h3-4,8,10-11,13-19,24,27-29H,5-7H2,1-2H3,(H,21,25)(H,34,35)(H,22,26,30)(H2,31,32,33)/t8?,10-,11-,13-,14-,15-,16-,17-,18-,19+/m1/s1. The second-order valence-electron chi connectivity index (χ2n) is 9.60. The number of ether oxygens (including phenoxy) is 4. The van der Waals surface area contributed by atoms with E-state index in [2.05, 4.69) is 9.63 Å². The molecular formula is C20H33N3O18P2. The van der Waals surface area contributed by atoms with Crippen LogP contribution in [0, 0.1) is 0 Å². The molecule has 2 saturated heterocycles. The van der Waals surface area contributed by atoms with Gasteiger partial charge in [-0.3, -0.25) is 23.7 Å². The molecule has 0 spiro atoms. The summed E-state index contributed by atoms with van der Waals surface area (Å²) in [4.78, 5) is 64.9. The van der Waals surface area contributed by atoms with Gasteiger partial charge in [-0.1, -0.05) is 0 Å². The van der Waals surface area contributed by atoms with E-state index in [1.165, 1.54) is 6.92 Å². The van der Waals surface area contributed by atoms with Crippen LogP contribution in [-0.4, -0.2) is 125 Å². The summed E-state index contributed by atoms with van der Waals surface area (Å²) < 4.78 is 54.5. The van der Waals surface area contributed by atoms with Crippen LogP contribution in [0.3, 0.4) is 0 Å². The molecule has 3 heterocycles. The molecule has 2 unspecified atom stereocenters. The Kier molecular flexibility index (Phi) is 12.0. The van der Waals surface area contributed by atoms with Crippen LogP contribution in [-0.2, 0) is 41.7 Å². The van der Waals surface area contributed by atoms with Gasteiger partial charge in [0.2, 0.25) is 5.91 Å². The zero-order chi connectivity index (χ0) is 32.3. The number of H-pyrrole nitrogens is 1. The number of hydrogen-bond acceptors (Lipinski definition) is 15. The third-order valence-corrected chi connectivity index (χ3v) is 8.35. The number of carbonyl (C=O) groups excluding carboxylic acids is 1. The highest BCUT2D eigenvalue weighted by Crippen LogP contribution is 2.59. The number of hydrogen-bond donors (Lipinski definition) is 9. The number of nitrogens with zero attached hydrogens (tertiary/aromatic N) is 1. The zero-order valence-corrected chi connectivity index (χ0v) is 24.3. The minimum absolute atomic E-state index is 0.321. The number of rotatable bonds is 13. The van der Waals surface area contributed by atoms with Crippen molar-refractivity contribution in [3.05, 3.63) is 33.1 Å². The molecule has 246 valence electrons. The van der Waals surface area contributed by atoms with Crippen LogP contribution in [0.15, 0.2) is 21.9 Å². The lowest BCUT2D eigenvalue weighted by atomic mass is 9.96. The van der Waals surface area contributed by atoms with Crippen molar-refractivity contribution in [3.8, 4) is 0 Å².